The van der Waals surface area contributed by atoms with Crippen LogP contribution in [0.5, 0.6) is 11.6 Å². The number of halogens is 1. The van der Waals surface area contributed by atoms with Gasteiger partial charge in [-0.15, -0.1) is 5.10 Å². The average Bonchev–Trinajstić information content (AvgIpc) is 3.53. The van der Waals surface area contributed by atoms with Gasteiger partial charge in [-0.25, -0.2) is 19.6 Å². The Kier molecular flexibility index (Phi) is 5.90. The van der Waals surface area contributed by atoms with Gasteiger partial charge in [0.2, 0.25) is 5.88 Å². The molecule has 13 heteroatoms. The molecule has 0 aliphatic rings. The third-order valence-electron chi connectivity index (χ3n) is 5.06. The van der Waals surface area contributed by atoms with Crippen LogP contribution in [-0.4, -0.2) is 57.9 Å². The zero-order valence-corrected chi connectivity index (χ0v) is 19.3. The van der Waals surface area contributed by atoms with Crippen molar-refractivity contribution in [3.8, 4) is 34.8 Å². The van der Waals surface area contributed by atoms with Crippen molar-refractivity contribution in [2.75, 3.05) is 7.11 Å². The summed E-state index contributed by atoms with van der Waals surface area (Å²) in [6.45, 7) is 2.33. The number of pyridine rings is 1. The summed E-state index contributed by atoms with van der Waals surface area (Å²) in [6.07, 6.45) is 5.97. The molecule has 4 heterocycles. The van der Waals surface area contributed by atoms with Crippen molar-refractivity contribution >= 4 is 22.8 Å². The predicted molar refractivity (Wildman–Crippen MR) is 124 cm³/mol. The quantitative estimate of drug-likeness (QED) is 0.335. The van der Waals surface area contributed by atoms with Gasteiger partial charge in [-0.05, 0) is 35.5 Å². The molecule has 35 heavy (non-hydrogen) atoms. The summed E-state index contributed by atoms with van der Waals surface area (Å²) in [4.78, 5) is 17.9. The van der Waals surface area contributed by atoms with E-state index < -0.39 is 0 Å². The molecule has 1 unspecified atom stereocenters. The van der Waals surface area contributed by atoms with Crippen LogP contribution in [0.4, 0.5) is 0 Å². The molecule has 5 aromatic rings. The highest BCUT2D eigenvalue weighted by Gasteiger charge is 2.17. The van der Waals surface area contributed by atoms with Crippen LogP contribution < -0.4 is 9.47 Å². The molecular weight excluding hydrogens is 472 g/mol. The number of ether oxygens (including phenoxy) is 2. The lowest BCUT2D eigenvalue weighted by Gasteiger charge is -2.13. The third kappa shape index (κ3) is 4.44. The molecule has 0 saturated heterocycles. The lowest BCUT2D eigenvalue weighted by molar-refractivity contribution is 0.185. The van der Waals surface area contributed by atoms with E-state index in [1.807, 2.05) is 13.0 Å². The number of tetrazole rings is 1. The van der Waals surface area contributed by atoms with E-state index in [9.17, 15) is 5.26 Å². The first-order valence-corrected chi connectivity index (χ1v) is 10.8. The first-order valence-electron chi connectivity index (χ1n) is 10.4. The summed E-state index contributed by atoms with van der Waals surface area (Å²) in [6, 6.07) is 9.03. The zero-order valence-electron chi connectivity index (χ0n) is 18.6. The Hall–Kier alpha value is -4.63. The first kappa shape index (κ1) is 22.2. The molecule has 4 aromatic heterocycles. The van der Waals surface area contributed by atoms with E-state index in [1.54, 1.807) is 40.0 Å². The Balaban J connectivity index is 1.50. The molecular formula is C22H17ClN10O2. The van der Waals surface area contributed by atoms with E-state index in [1.165, 1.54) is 19.6 Å². The van der Waals surface area contributed by atoms with Crippen molar-refractivity contribution in [2.45, 2.75) is 19.6 Å². The molecule has 0 amide bonds. The first-order chi connectivity index (χ1) is 17.1. The van der Waals surface area contributed by atoms with E-state index in [0.29, 0.717) is 57.0 Å². The van der Waals surface area contributed by atoms with Crippen LogP contribution in [0.25, 0.3) is 28.2 Å². The largest absolute Gasteiger partial charge is 0.495 e. The predicted octanol–water partition coefficient (Wildman–Crippen LogP) is 2.87. The fraction of sp³-hybridized carbons (Fsp3) is 0.182. The normalized spacial score (nSPS) is 11.8. The molecule has 0 bridgehead atoms. The second-order valence-electron chi connectivity index (χ2n) is 7.47. The number of rotatable bonds is 7. The maximum atomic E-state index is 9.74. The summed E-state index contributed by atoms with van der Waals surface area (Å²) >= 11 is 6.27. The summed E-state index contributed by atoms with van der Waals surface area (Å²) in [5.74, 6) is 0.698. The Labute approximate surface area is 203 Å². The van der Waals surface area contributed by atoms with Crippen molar-refractivity contribution in [2.24, 2.45) is 0 Å². The summed E-state index contributed by atoms with van der Waals surface area (Å²) in [5, 5.41) is 21.2. The van der Waals surface area contributed by atoms with Gasteiger partial charge >= 0.3 is 0 Å². The highest BCUT2D eigenvalue weighted by Crippen LogP contribution is 2.31. The average molecular weight is 489 g/mol. The number of imidazole rings is 1. The van der Waals surface area contributed by atoms with E-state index >= 15 is 0 Å². The second-order valence-corrected chi connectivity index (χ2v) is 7.91. The fourth-order valence-corrected chi connectivity index (χ4v) is 3.75. The van der Waals surface area contributed by atoms with Crippen LogP contribution in [0.2, 0.25) is 5.02 Å². The minimum absolute atomic E-state index is 0.248. The maximum Gasteiger partial charge on any atom is 0.233 e. The van der Waals surface area contributed by atoms with Gasteiger partial charge in [-0.2, -0.15) is 5.26 Å². The standard InChI is InChI=1S/C22H17ClN10O2/c1-13(10-32-12-27-30-31-32)35-21-9-25-8-18(28-21)16-3-4-17-22(29-16)33(11-26-17)19-5-14(23)6-20(34-2)15(19)7-24/h3-6,8-9,11-13H,10H2,1-2H3. The molecule has 0 spiro atoms. The van der Waals surface area contributed by atoms with Crippen LogP contribution in [0.15, 0.2) is 49.3 Å². The molecule has 1 aromatic carbocycles. The van der Waals surface area contributed by atoms with E-state index in [2.05, 4.69) is 36.5 Å². The number of aromatic nitrogens is 9. The Morgan fingerprint density at radius 1 is 1.14 bits per heavy atom. The second kappa shape index (κ2) is 9.32. The van der Waals surface area contributed by atoms with Crippen molar-refractivity contribution in [3.63, 3.8) is 0 Å². The van der Waals surface area contributed by atoms with Crippen LogP contribution in [0, 0.1) is 11.3 Å². The van der Waals surface area contributed by atoms with Gasteiger partial charge in [0.1, 0.15) is 47.4 Å². The molecule has 0 N–H and O–H groups in total. The third-order valence-corrected chi connectivity index (χ3v) is 5.28. The lowest BCUT2D eigenvalue weighted by atomic mass is 10.1. The molecule has 1 atom stereocenters. The highest BCUT2D eigenvalue weighted by atomic mass is 35.5. The van der Waals surface area contributed by atoms with E-state index in [0.717, 1.165) is 0 Å². The van der Waals surface area contributed by atoms with Crippen molar-refractivity contribution in [1.29, 1.82) is 5.26 Å². The van der Waals surface area contributed by atoms with Gasteiger partial charge in [0.25, 0.3) is 0 Å². The molecule has 0 radical (unpaired) electrons. The minimum Gasteiger partial charge on any atom is -0.495 e. The van der Waals surface area contributed by atoms with Gasteiger partial charge in [0.05, 0.1) is 37.4 Å². The van der Waals surface area contributed by atoms with E-state index in [-0.39, 0.29) is 6.10 Å². The lowest BCUT2D eigenvalue weighted by Crippen LogP contribution is -2.20. The Morgan fingerprint density at radius 2 is 2.03 bits per heavy atom. The topological polar surface area (TPSA) is 142 Å². The zero-order chi connectivity index (χ0) is 24.4. The number of nitrogens with zero attached hydrogens (tertiary/aromatic N) is 10. The molecule has 5 rings (SSSR count). The molecule has 0 saturated carbocycles. The van der Waals surface area contributed by atoms with Gasteiger partial charge in [-0.1, -0.05) is 11.6 Å². The van der Waals surface area contributed by atoms with Crippen molar-refractivity contribution in [1.82, 2.24) is 44.7 Å². The van der Waals surface area contributed by atoms with Crippen molar-refractivity contribution < 1.29 is 9.47 Å². The van der Waals surface area contributed by atoms with Crippen molar-refractivity contribution in [3.05, 3.63) is 59.9 Å². The van der Waals surface area contributed by atoms with Crippen LogP contribution in [0.1, 0.15) is 12.5 Å². The summed E-state index contributed by atoms with van der Waals surface area (Å²) in [7, 11) is 1.48. The number of nitriles is 1. The number of hydrogen-bond acceptors (Lipinski definition) is 10. The van der Waals surface area contributed by atoms with Crippen LogP contribution in [0.3, 0.4) is 0 Å². The monoisotopic (exact) mass is 488 g/mol. The van der Waals surface area contributed by atoms with Crippen LogP contribution in [-0.2, 0) is 6.54 Å². The molecule has 174 valence electrons. The Bertz CT molecular complexity index is 1540. The highest BCUT2D eigenvalue weighted by molar-refractivity contribution is 6.31. The maximum absolute atomic E-state index is 9.74. The summed E-state index contributed by atoms with van der Waals surface area (Å²) < 4.78 is 14.5. The Morgan fingerprint density at radius 3 is 2.80 bits per heavy atom. The molecule has 12 nitrogen and oxygen atoms in total. The van der Waals surface area contributed by atoms with Gasteiger partial charge < -0.3 is 9.47 Å². The fourth-order valence-electron chi connectivity index (χ4n) is 3.54. The number of fused-ring (bicyclic) bond motifs is 1. The smallest absolute Gasteiger partial charge is 0.233 e. The van der Waals surface area contributed by atoms with Gasteiger partial charge in [0, 0.05) is 11.1 Å². The molecule has 0 aliphatic carbocycles. The van der Waals surface area contributed by atoms with Gasteiger partial charge in [0.15, 0.2) is 5.65 Å². The van der Waals surface area contributed by atoms with Gasteiger partial charge in [-0.3, -0.25) is 9.55 Å². The summed E-state index contributed by atoms with van der Waals surface area (Å²) in [5.41, 5.74) is 3.03. The SMILES string of the molecule is COc1cc(Cl)cc(-n2cnc3ccc(-c4cncc(OC(C)Cn5cnnn5)n4)nc32)c1C#N. The number of benzene rings is 1. The van der Waals surface area contributed by atoms with E-state index in [4.69, 9.17) is 26.1 Å². The molecule has 0 aliphatic heterocycles. The number of hydrogen-bond donors (Lipinski definition) is 0. The minimum atomic E-state index is -0.248. The van der Waals surface area contributed by atoms with Crippen LogP contribution >= 0.6 is 11.6 Å². The molecule has 0 fully saturated rings. The number of methoxy groups -OCH3 is 1.